The molecule has 114 valence electrons. The van der Waals surface area contributed by atoms with Gasteiger partial charge in [0.2, 0.25) is 0 Å². The quantitative estimate of drug-likeness (QED) is 0.637. The van der Waals surface area contributed by atoms with E-state index in [4.69, 9.17) is 21.4 Å². The second kappa shape index (κ2) is 5.97. The molecular formula is C13H15ClN2O5. The molecule has 1 aliphatic heterocycles. The molecule has 21 heavy (non-hydrogen) atoms. The Morgan fingerprint density at radius 1 is 1.57 bits per heavy atom. The van der Waals surface area contributed by atoms with Crippen LogP contribution in [0.3, 0.4) is 0 Å². The van der Waals surface area contributed by atoms with Crippen LogP contribution in [-0.4, -0.2) is 46.2 Å². The van der Waals surface area contributed by atoms with Crippen LogP contribution in [0.4, 0.5) is 5.69 Å². The molecule has 0 amide bonds. The SMILES string of the molecule is CC1(OCC(=O)O)CN(Cc2cc(Cl)ccc2[N+](=O)[O-])C1. The molecule has 1 aromatic carbocycles. The summed E-state index contributed by atoms with van der Waals surface area (Å²) < 4.78 is 5.30. The zero-order valence-corrected chi connectivity index (χ0v) is 12.2. The van der Waals surface area contributed by atoms with Gasteiger partial charge in [0.05, 0.1) is 10.5 Å². The van der Waals surface area contributed by atoms with Crippen LogP contribution in [0.25, 0.3) is 0 Å². The number of aliphatic carboxylic acids is 1. The minimum Gasteiger partial charge on any atom is -0.480 e. The molecule has 8 heteroatoms. The summed E-state index contributed by atoms with van der Waals surface area (Å²) in [6.45, 7) is 2.89. The summed E-state index contributed by atoms with van der Waals surface area (Å²) in [4.78, 5) is 23.0. The Balaban J connectivity index is 1.97. The van der Waals surface area contributed by atoms with Crippen molar-refractivity contribution < 1.29 is 19.6 Å². The van der Waals surface area contributed by atoms with Crippen LogP contribution < -0.4 is 0 Å². The lowest BCUT2D eigenvalue weighted by Crippen LogP contribution is -2.61. The Labute approximate surface area is 126 Å². The van der Waals surface area contributed by atoms with Crippen molar-refractivity contribution in [3.05, 3.63) is 38.9 Å². The first-order chi connectivity index (χ1) is 9.79. The third kappa shape index (κ3) is 3.90. The number of benzene rings is 1. The average Bonchev–Trinajstić information content (AvgIpc) is 2.34. The number of carboxylic acids is 1. The number of hydrogen-bond donors (Lipinski definition) is 1. The molecule has 7 nitrogen and oxygen atoms in total. The maximum absolute atomic E-state index is 11.0. The van der Waals surface area contributed by atoms with Crippen molar-refractivity contribution in [1.29, 1.82) is 0 Å². The van der Waals surface area contributed by atoms with Crippen LogP contribution >= 0.6 is 11.6 Å². The van der Waals surface area contributed by atoms with Crippen LogP contribution in [0.5, 0.6) is 0 Å². The Morgan fingerprint density at radius 2 is 2.24 bits per heavy atom. The molecule has 1 aliphatic rings. The highest BCUT2D eigenvalue weighted by molar-refractivity contribution is 6.30. The third-order valence-electron chi connectivity index (χ3n) is 3.29. The molecule has 1 fully saturated rings. The summed E-state index contributed by atoms with van der Waals surface area (Å²) >= 11 is 5.88. The fraction of sp³-hybridized carbons (Fsp3) is 0.462. The fourth-order valence-electron chi connectivity index (χ4n) is 2.44. The van der Waals surface area contributed by atoms with Crippen LogP contribution in [0, 0.1) is 10.1 Å². The molecule has 0 radical (unpaired) electrons. The highest BCUT2D eigenvalue weighted by Crippen LogP contribution is 2.30. The van der Waals surface area contributed by atoms with E-state index in [9.17, 15) is 14.9 Å². The minimum atomic E-state index is -1.01. The van der Waals surface area contributed by atoms with Crippen molar-refractivity contribution in [2.75, 3.05) is 19.7 Å². The number of nitrogens with zero attached hydrogens (tertiary/aromatic N) is 2. The number of nitro benzene ring substituents is 1. The third-order valence-corrected chi connectivity index (χ3v) is 3.53. The average molecular weight is 315 g/mol. The summed E-state index contributed by atoms with van der Waals surface area (Å²) in [5.41, 5.74) is 0.0402. The van der Waals surface area contributed by atoms with Crippen LogP contribution in [0.2, 0.25) is 5.02 Å². The van der Waals surface area contributed by atoms with Gasteiger partial charge in [-0.3, -0.25) is 15.0 Å². The lowest BCUT2D eigenvalue weighted by molar-refractivity contribution is -0.385. The Bertz CT molecular complexity index is 572. The van der Waals surface area contributed by atoms with E-state index >= 15 is 0 Å². The molecule has 1 saturated heterocycles. The molecule has 0 spiro atoms. The molecular weight excluding hydrogens is 300 g/mol. The molecule has 0 aromatic heterocycles. The van der Waals surface area contributed by atoms with Gasteiger partial charge in [-0.2, -0.15) is 0 Å². The fourth-order valence-corrected chi connectivity index (χ4v) is 2.63. The van der Waals surface area contributed by atoms with E-state index in [2.05, 4.69) is 0 Å². The van der Waals surface area contributed by atoms with Gasteiger partial charge in [-0.05, 0) is 19.1 Å². The molecule has 0 bridgehead atoms. The van der Waals surface area contributed by atoms with Gasteiger partial charge in [-0.25, -0.2) is 4.79 Å². The monoisotopic (exact) mass is 314 g/mol. The van der Waals surface area contributed by atoms with E-state index in [-0.39, 0.29) is 12.3 Å². The highest BCUT2D eigenvalue weighted by atomic mass is 35.5. The van der Waals surface area contributed by atoms with Crippen molar-refractivity contribution in [3.8, 4) is 0 Å². The van der Waals surface area contributed by atoms with E-state index in [1.165, 1.54) is 12.1 Å². The summed E-state index contributed by atoms with van der Waals surface area (Å²) in [5, 5.41) is 20.0. The molecule has 0 saturated carbocycles. The van der Waals surface area contributed by atoms with E-state index in [0.717, 1.165) is 0 Å². The van der Waals surface area contributed by atoms with E-state index in [1.54, 1.807) is 6.07 Å². The second-order valence-electron chi connectivity index (χ2n) is 5.31. The molecule has 2 rings (SSSR count). The van der Waals surface area contributed by atoms with Gasteiger partial charge >= 0.3 is 5.97 Å². The summed E-state index contributed by atoms with van der Waals surface area (Å²) in [7, 11) is 0. The number of nitro groups is 1. The lowest BCUT2D eigenvalue weighted by Gasteiger charge is -2.47. The number of halogens is 1. The Hall–Kier alpha value is -1.70. The largest absolute Gasteiger partial charge is 0.480 e. The molecule has 0 atom stereocenters. The number of hydrogen-bond acceptors (Lipinski definition) is 5. The highest BCUT2D eigenvalue weighted by Gasteiger charge is 2.40. The number of carbonyl (C=O) groups is 1. The Kier molecular flexibility index (Phi) is 4.46. The summed E-state index contributed by atoms with van der Waals surface area (Å²) in [6.07, 6.45) is 0. The van der Waals surface area contributed by atoms with Gasteiger partial charge in [0.15, 0.2) is 0 Å². The zero-order chi connectivity index (χ0) is 15.6. The predicted molar refractivity (Wildman–Crippen MR) is 75.4 cm³/mol. The summed E-state index contributed by atoms with van der Waals surface area (Å²) in [6, 6.07) is 4.45. The van der Waals surface area contributed by atoms with Gasteiger partial charge in [0.1, 0.15) is 6.61 Å². The number of carboxylic acid groups (broad SMARTS) is 1. The minimum absolute atomic E-state index is 0.0273. The van der Waals surface area contributed by atoms with Crippen molar-refractivity contribution in [2.45, 2.75) is 19.1 Å². The lowest BCUT2D eigenvalue weighted by atomic mass is 9.95. The van der Waals surface area contributed by atoms with Crippen molar-refractivity contribution in [2.24, 2.45) is 0 Å². The molecule has 1 aromatic rings. The molecule has 1 N–H and O–H groups in total. The maximum atomic E-state index is 11.0. The van der Waals surface area contributed by atoms with Crippen molar-refractivity contribution in [1.82, 2.24) is 4.90 Å². The van der Waals surface area contributed by atoms with Gasteiger partial charge in [0.25, 0.3) is 5.69 Å². The first-order valence-electron chi connectivity index (χ1n) is 6.30. The number of likely N-dealkylation sites (tertiary alicyclic amines) is 1. The van der Waals surface area contributed by atoms with E-state index in [1.807, 2.05) is 11.8 Å². The van der Waals surface area contributed by atoms with Gasteiger partial charge < -0.3 is 9.84 Å². The smallest absolute Gasteiger partial charge is 0.329 e. The standard InChI is InChI=1S/C13H15ClN2O5/c1-13(21-6-12(17)18)7-15(8-13)5-9-4-10(14)2-3-11(9)16(19)20/h2-4H,5-8H2,1H3,(H,17,18). The van der Waals surface area contributed by atoms with E-state index < -0.39 is 16.5 Å². The zero-order valence-electron chi connectivity index (χ0n) is 11.4. The van der Waals surface area contributed by atoms with E-state index in [0.29, 0.717) is 30.2 Å². The predicted octanol–water partition coefficient (Wildman–Crippen LogP) is 1.92. The second-order valence-corrected chi connectivity index (χ2v) is 5.74. The summed E-state index contributed by atoms with van der Waals surface area (Å²) in [5.74, 6) is -1.01. The van der Waals surface area contributed by atoms with Gasteiger partial charge in [0, 0.05) is 36.3 Å². The first kappa shape index (κ1) is 15.7. The topological polar surface area (TPSA) is 92.9 Å². The van der Waals surface area contributed by atoms with Crippen LogP contribution in [0.15, 0.2) is 18.2 Å². The Morgan fingerprint density at radius 3 is 2.81 bits per heavy atom. The van der Waals surface area contributed by atoms with Crippen LogP contribution in [0.1, 0.15) is 12.5 Å². The van der Waals surface area contributed by atoms with Crippen LogP contribution in [-0.2, 0) is 16.1 Å². The molecule has 1 heterocycles. The first-order valence-corrected chi connectivity index (χ1v) is 6.68. The van der Waals surface area contributed by atoms with Crippen molar-refractivity contribution in [3.63, 3.8) is 0 Å². The molecule has 0 aliphatic carbocycles. The van der Waals surface area contributed by atoms with Gasteiger partial charge in [-0.15, -0.1) is 0 Å². The number of rotatable bonds is 6. The molecule has 0 unspecified atom stereocenters. The van der Waals surface area contributed by atoms with Crippen molar-refractivity contribution >= 4 is 23.3 Å². The number of ether oxygens (including phenoxy) is 1. The maximum Gasteiger partial charge on any atom is 0.329 e. The van der Waals surface area contributed by atoms with Gasteiger partial charge in [-0.1, -0.05) is 11.6 Å². The normalized spacial score (nSPS) is 17.2.